The van der Waals surface area contributed by atoms with Crippen molar-refractivity contribution in [3.8, 4) is 0 Å². The first-order valence-corrected chi connectivity index (χ1v) is 8.65. The molecule has 4 nitrogen and oxygen atoms in total. The van der Waals surface area contributed by atoms with Crippen LogP contribution in [0, 0.1) is 5.92 Å². The maximum atomic E-state index is 12.4. The van der Waals surface area contributed by atoms with Gasteiger partial charge in [0.1, 0.15) is 0 Å². The first-order valence-electron chi connectivity index (χ1n) is 8.24. The minimum Gasteiger partial charge on any atom is -0.392 e. The molecule has 0 aromatic heterocycles. The minimum atomic E-state index is -0.256. The summed E-state index contributed by atoms with van der Waals surface area (Å²) in [5, 5.41) is 0. The van der Waals surface area contributed by atoms with Crippen molar-refractivity contribution in [3.63, 3.8) is 0 Å². The van der Waals surface area contributed by atoms with Gasteiger partial charge in [-0.1, -0.05) is 31.5 Å². The molecule has 2 N–H and O–H groups in total. The molecule has 1 aliphatic carbocycles. The first-order chi connectivity index (χ1) is 9.91. The van der Waals surface area contributed by atoms with Crippen molar-refractivity contribution < 1.29 is 4.79 Å². The second-order valence-corrected chi connectivity index (χ2v) is 7.44. The minimum absolute atomic E-state index is 0.256. The molecule has 0 aromatic carbocycles. The van der Waals surface area contributed by atoms with Crippen LogP contribution in [0.15, 0.2) is 0 Å². The fourth-order valence-electron chi connectivity index (χ4n) is 3.44. The number of hydrogen-bond acceptors (Lipinski definition) is 3. The number of amides is 1. The summed E-state index contributed by atoms with van der Waals surface area (Å²) in [4.78, 5) is 17.3. The van der Waals surface area contributed by atoms with Crippen LogP contribution < -0.4 is 5.73 Å². The van der Waals surface area contributed by atoms with Gasteiger partial charge in [-0.05, 0) is 32.6 Å². The summed E-state index contributed by atoms with van der Waals surface area (Å²) < 4.78 is 0. The summed E-state index contributed by atoms with van der Waals surface area (Å²) >= 11 is 5.16. The Labute approximate surface area is 134 Å². The van der Waals surface area contributed by atoms with E-state index in [1.165, 1.54) is 32.1 Å². The van der Waals surface area contributed by atoms with Crippen LogP contribution in [-0.2, 0) is 4.79 Å². The van der Waals surface area contributed by atoms with Crippen molar-refractivity contribution in [2.75, 3.05) is 26.2 Å². The molecular formula is C16H29N3OS. The van der Waals surface area contributed by atoms with Gasteiger partial charge in [0.05, 0.1) is 10.5 Å². The molecule has 21 heavy (non-hydrogen) atoms. The number of hydrogen-bond donors (Lipinski definition) is 1. The van der Waals surface area contributed by atoms with Crippen molar-refractivity contribution >= 4 is 23.1 Å². The van der Waals surface area contributed by atoms with E-state index in [1.54, 1.807) is 0 Å². The average molecular weight is 311 g/mol. The van der Waals surface area contributed by atoms with Crippen LogP contribution in [0.2, 0.25) is 0 Å². The van der Waals surface area contributed by atoms with E-state index in [0.717, 1.165) is 32.6 Å². The van der Waals surface area contributed by atoms with Gasteiger partial charge in [-0.25, -0.2) is 0 Å². The summed E-state index contributed by atoms with van der Waals surface area (Å²) in [7, 11) is 0. The summed E-state index contributed by atoms with van der Waals surface area (Å²) in [5.41, 5.74) is 5.57. The molecule has 5 heteroatoms. The second-order valence-electron chi connectivity index (χ2n) is 7.00. The number of carbonyl (C=O) groups is 1. The van der Waals surface area contributed by atoms with E-state index in [-0.39, 0.29) is 5.54 Å². The molecule has 120 valence electrons. The van der Waals surface area contributed by atoms with Crippen molar-refractivity contribution in [3.05, 3.63) is 0 Å². The van der Waals surface area contributed by atoms with E-state index in [0.29, 0.717) is 16.8 Å². The standard InChI is InChI=1S/C16H29N3OS/c1-16(2,15(17)21)19-10-8-18(9-11-19)14(20)12-13-6-4-3-5-7-13/h13H,3-12H2,1-2H3,(H2,17,21). The van der Waals surface area contributed by atoms with Gasteiger partial charge in [0, 0.05) is 32.6 Å². The molecule has 0 spiro atoms. The number of nitrogens with zero attached hydrogens (tertiary/aromatic N) is 2. The van der Waals surface area contributed by atoms with Crippen molar-refractivity contribution in [2.45, 2.75) is 57.9 Å². The third-order valence-corrected chi connectivity index (χ3v) is 5.71. The van der Waals surface area contributed by atoms with E-state index in [9.17, 15) is 4.79 Å². The van der Waals surface area contributed by atoms with E-state index in [1.807, 2.05) is 4.90 Å². The van der Waals surface area contributed by atoms with Gasteiger partial charge in [0.25, 0.3) is 0 Å². The molecule has 2 aliphatic rings. The number of piperazine rings is 1. The zero-order valence-electron chi connectivity index (χ0n) is 13.4. The molecule has 0 radical (unpaired) electrons. The lowest BCUT2D eigenvalue weighted by atomic mass is 9.86. The quantitative estimate of drug-likeness (QED) is 0.808. The summed E-state index contributed by atoms with van der Waals surface area (Å²) in [5.74, 6) is 0.965. The van der Waals surface area contributed by atoms with Gasteiger partial charge < -0.3 is 10.6 Å². The third kappa shape index (κ3) is 4.16. The molecule has 1 saturated heterocycles. The molecular weight excluding hydrogens is 282 g/mol. The summed E-state index contributed by atoms with van der Waals surface area (Å²) in [6.45, 7) is 7.46. The molecule has 2 fully saturated rings. The lowest BCUT2D eigenvalue weighted by Crippen LogP contribution is -2.59. The molecule has 0 aromatic rings. The highest BCUT2D eigenvalue weighted by molar-refractivity contribution is 7.80. The van der Waals surface area contributed by atoms with Crippen LogP contribution in [0.4, 0.5) is 0 Å². The van der Waals surface area contributed by atoms with Crippen LogP contribution in [-0.4, -0.2) is 52.4 Å². The van der Waals surface area contributed by atoms with Crippen LogP contribution in [0.1, 0.15) is 52.4 Å². The number of thiocarbonyl (C=S) groups is 1. The van der Waals surface area contributed by atoms with Crippen LogP contribution in [0.25, 0.3) is 0 Å². The zero-order chi connectivity index (χ0) is 15.5. The molecule has 2 rings (SSSR count). The van der Waals surface area contributed by atoms with Gasteiger partial charge >= 0.3 is 0 Å². The van der Waals surface area contributed by atoms with Crippen molar-refractivity contribution in [1.82, 2.24) is 9.80 Å². The first kappa shape index (κ1) is 16.7. The van der Waals surface area contributed by atoms with Crippen molar-refractivity contribution in [1.29, 1.82) is 0 Å². The fourth-order valence-corrected chi connectivity index (χ4v) is 3.57. The Hall–Kier alpha value is -0.680. The number of carbonyl (C=O) groups excluding carboxylic acids is 1. The van der Waals surface area contributed by atoms with Gasteiger partial charge in [-0.15, -0.1) is 0 Å². The van der Waals surface area contributed by atoms with Gasteiger partial charge in [0.2, 0.25) is 5.91 Å². The fraction of sp³-hybridized carbons (Fsp3) is 0.875. The Kier molecular flexibility index (Phi) is 5.60. The SMILES string of the molecule is CC(C)(C(N)=S)N1CCN(C(=O)CC2CCCCC2)CC1. The largest absolute Gasteiger partial charge is 0.392 e. The molecule has 0 atom stereocenters. The normalized spacial score (nSPS) is 22.3. The predicted molar refractivity (Wildman–Crippen MR) is 90.2 cm³/mol. The zero-order valence-corrected chi connectivity index (χ0v) is 14.3. The highest BCUT2D eigenvalue weighted by Crippen LogP contribution is 2.27. The number of nitrogens with two attached hydrogens (primary N) is 1. The topological polar surface area (TPSA) is 49.6 Å². The number of rotatable bonds is 4. The maximum absolute atomic E-state index is 12.4. The van der Waals surface area contributed by atoms with Crippen LogP contribution in [0.3, 0.4) is 0 Å². The van der Waals surface area contributed by atoms with Gasteiger partial charge in [-0.3, -0.25) is 9.69 Å². The Morgan fingerprint density at radius 1 is 1.14 bits per heavy atom. The van der Waals surface area contributed by atoms with E-state index in [4.69, 9.17) is 18.0 Å². The predicted octanol–water partition coefficient (Wildman–Crippen LogP) is 2.17. The van der Waals surface area contributed by atoms with E-state index >= 15 is 0 Å². The molecule has 1 saturated carbocycles. The highest BCUT2D eigenvalue weighted by Gasteiger charge is 2.33. The lowest BCUT2D eigenvalue weighted by Gasteiger charge is -2.43. The van der Waals surface area contributed by atoms with E-state index < -0.39 is 0 Å². The maximum Gasteiger partial charge on any atom is 0.222 e. The van der Waals surface area contributed by atoms with Crippen LogP contribution >= 0.6 is 12.2 Å². The highest BCUT2D eigenvalue weighted by atomic mass is 32.1. The Balaban J connectivity index is 1.80. The second kappa shape index (κ2) is 7.05. The summed E-state index contributed by atoms with van der Waals surface area (Å²) in [6, 6.07) is 0. The molecule has 1 aliphatic heterocycles. The molecule has 0 bridgehead atoms. The Morgan fingerprint density at radius 2 is 1.71 bits per heavy atom. The average Bonchev–Trinajstić information content (AvgIpc) is 2.48. The van der Waals surface area contributed by atoms with Crippen molar-refractivity contribution in [2.24, 2.45) is 11.7 Å². The summed E-state index contributed by atoms with van der Waals surface area (Å²) in [6.07, 6.45) is 7.16. The smallest absolute Gasteiger partial charge is 0.222 e. The van der Waals surface area contributed by atoms with Gasteiger partial charge in [0.15, 0.2) is 0 Å². The Bertz CT molecular complexity index is 383. The molecule has 1 heterocycles. The van der Waals surface area contributed by atoms with Gasteiger partial charge in [-0.2, -0.15) is 0 Å². The molecule has 1 amide bonds. The Morgan fingerprint density at radius 3 is 2.24 bits per heavy atom. The third-order valence-electron chi connectivity index (χ3n) is 5.21. The van der Waals surface area contributed by atoms with E-state index in [2.05, 4.69) is 18.7 Å². The van der Waals surface area contributed by atoms with Crippen LogP contribution in [0.5, 0.6) is 0 Å². The lowest BCUT2D eigenvalue weighted by molar-refractivity contribution is -0.134. The monoisotopic (exact) mass is 311 g/mol. The molecule has 0 unspecified atom stereocenters.